The first kappa shape index (κ1) is 14.2. The highest BCUT2D eigenvalue weighted by molar-refractivity contribution is 5.36. The SMILES string of the molecule is Cc1nc(OC2COC3(CCNCC3)C2)ccc1[N+](=O)[O-]. The van der Waals surface area contributed by atoms with Gasteiger partial charge in [-0.25, -0.2) is 4.98 Å². The van der Waals surface area contributed by atoms with E-state index in [1.165, 1.54) is 6.07 Å². The number of hydrogen-bond donors (Lipinski definition) is 1. The standard InChI is InChI=1S/C14H19N3O4/c1-10-12(17(18)19)2-3-13(16-10)21-11-8-14(20-9-11)4-6-15-7-5-14/h2-3,11,15H,4-9H2,1H3. The highest BCUT2D eigenvalue weighted by Gasteiger charge is 2.42. The van der Waals surface area contributed by atoms with Gasteiger partial charge in [-0.2, -0.15) is 0 Å². The second kappa shape index (κ2) is 5.57. The molecule has 1 N–H and O–H groups in total. The Morgan fingerprint density at radius 3 is 2.90 bits per heavy atom. The lowest BCUT2D eigenvalue weighted by Gasteiger charge is -2.32. The molecule has 1 spiro atoms. The predicted octanol–water partition coefficient (Wildman–Crippen LogP) is 1.59. The van der Waals surface area contributed by atoms with Gasteiger partial charge in [-0.3, -0.25) is 10.1 Å². The van der Waals surface area contributed by atoms with Crippen LogP contribution in [0.15, 0.2) is 12.1 Å². The summed E-state index contributed by atoms with van der Waals surface area (Å²) in [4.78, 5) is 14.5. The van der Waals surface area contributed by atoms with Gasteiger partial charge < -0.3 is 14.8 Å². The summed E-state index contributed by atoms with van der Waals surface area (Å²) in [6.07, 6.45) is 2.82. The molecule has 0 aromatic carbocycles. The van der Waals surface area contributed by atoms with Crippen LogP contribution in [0.5, 0.6) is 5.88 Å². The van der Waals surface area contributed by atoms with Crippen molar-refractivity contribution >= 4 is 5.69 Å². The lowest BCUT2D eigenvalue weighted by Crippen LogP contribution is -2.41. The number of nitrogens with zero attached hydrogens (tertiary/aromatic N) is 2. The van der Waals surface area contributed by atoms with Crippen LogP contribution in [0, 0.1) is 17.0 Å². The number of rotatable bonds is 3. The zero-order valence-electron chi connectivity index (χ0n) is 12.0. The van der Waals surface area contributed by atoms with Crippen LogP contribution >= 0.6 is 0 Å². The number of ether oxygens (including phenoxy) is 2. The number of nitrogens with one attached hydrogen (secondary N) is 1. The van der Waals surface area contributed by atoms with Gasteiger partial charge in [0.2, 0.25) is 5.88 Å². The average molecular weight is 293 g/mol. The summed E-state index contributed by atoms with van der Waals surface area (Å²) in [5.74, 6) is 0.428. The largest absolute Gasteiger partial charge is 0.472 e. The molecule has 2 saturated heterocycles. The summed E-state index contributed by atoms with van der Waals surface area (Å²) >= 11 is 0. The molecule has 114 valence electrons. The molecular formula is C14H19N3O4. The van der Waals surface area contributed by atoms with Crippen molar-refractivity contribution in [2.75, 3.05) is 19.7 Å². The third-order valence-electron chi connectivity index (χ3n) is 4.21. The van der Waals surface area contributed by atoms with Crippen LogP contribution in [0.1, 0.15) is 25.0 Å². The van der Waals surface area contributed by atoms with Crippen LogP contribution < -0.4 is 10.1 Å². The Labute approximate surface area is 122 Å². The molecule has 0 aliphatic carbocycles. The van der Waals surface area contributed by atoms with Gasteiger partial charge in [-0.05, 0) is 32.9 Å². The van der Waals surface area contributed by atoms with E-state index in [0.29, 0.717) is 18.2 Å². The Morgan fingerprint density at radius 1 is 1.48 bits per heavy atom. The monoisotopic (exact) mass is 293 g/mol. The van der Waals surface area contributed by atoms with E-state index in [1.807, 2.05) is 0 Å². The van der Waals surface area contributed by atoms with Gasteiger partial charge >= 0.3 is 0 Å². The molecule has 0 saturated carbocycles. The minimum Gasteiger partial charge on any atom is -0.472 e. The van der Waals surface area contributed by atoms with Crippen LogP contribution in [0.2, 0.25) is 0 Å². The second-order valence-corrected chi connectivity index (χ2v) is 5.70. The van der Waals surface area contributed by atoms with Crippen molar-refractivity contribution in [3.63, 3.8) is 0 Å². The number of piperidine rings is 1. The van der Waals surface area contributed by atoms with E-state index < -0.39 is 4.92 Å². The molecule has 3 rings (SSSR count). The summed E-state index contributed by atoms with van der Waals surface area (Å²) in [5.41, 5.74) is 0.319. The fraction of sp³-hybridized carbons (Fsp3) is 0.643. The maximum Gasteiger partial charge on any atom is 0.290 e. The van der Waals surface area contributed by atoms with Crippen LogP contribution in [-0.2, 0) is 4.74 Å². The van der Waals surface area contributed by atoms with E-state index in [0.717, 1.165) is 32.4 Å². The molecule has 0 bridgehead atoms. The van der Waals surface area contributed by atoms with E-state index >= 15 is 0 Å². The lowest BCUT2D eigenvalue weighted by molar-refractivity contribution is -0.385. The number of nitro groups is 1. The quantitative estimate of drug-likeness (QED) is 0.672. The summed E-state index contributed by atoms with van der Waals surface area (Å²) in [7, 11) is 0. The first-order valence-electron chi connectivity index (χ1n) is 7.21. The summed E-state index contributed by atoms with van der Waals surface area (Å²) in [5, 5.41) is 14.1. The topological polar surface area (TPSA) is 86.5 Å². The summed E-state index contributed by atoms with van der Waals surface area (Å²) in [6, 6.07) is 2.99. The van der Waals surface area contributed by atoms with Crippen LogP contribution in [-0.4, -0.2) is 41.3 Å². The Hall–Kier alpha value is -1.73. The van der Waals surface area contributed by atoms with Crippen molar-refractivity contribution in [2.45, 2.75) is 37.9 Å². The Bertz CT molecular complexity index is 543. The van der Waals surface area contributed by atoms with Crippen LogP contribution in [0.3, 0.4) is 0 Å². The molecule has 2 aliphatic heterocycles. The van der Waals surface area contributed by atoms with Crippen molar-refractivity contribution in [1.82, 2.24) is 10.3 Å². The minimum absolute atomic E-state index is 0.0137. The van der Waals surface area contributed by atoms with Crippen molar-refractivity contribution in [2.24, 2.45) is 0 Å². The third-order valence-corrected chi connectivity index (χ3v) is 4.21. The molecule has 7 heteroatoms. The highest BCUT2D eigenvalue weighted by Crippen LogP contribution is 2.35. The van der Waals surface area contributed by atoms with E-state index in [-0.39, 0.29) is 17.4 Å². The van der Waals surface area contributed by atoms with Crippen molar-refractivity contribution < 1.29 is 14.4 Å². The Morgan fingerprint density at radius 2 is 2.24 bits per heavy atom. The molecule has 1 atom stereocenters. The Balaban J connectivity index is 1.65. The minimum atomic E-state index is -0.436. The smallest absolute Gasteiger partial charge is 0.290 e. The predicted molar refractivity (Wildman–Crippen MR) is 75.4 cm³/mol. The van der Waals surface area contributed by atoms with Crippen molar-refractivity contribution in [3.8, 4) is 5.88 Å². The molecule has 1 aromatic heterocycles. The van der Waals surface area contributed by atoms with Gasteiger partial charge in [0.25, 0.3) is 5.69 Å². The summed E-state index contributed by atoms with van der Waals surface area (Å²) in [6.45, 7) is 4.12. The zero-order chi connectivity index (χ0) is 14.9. The second-order valence-electron chi connectivity index (χ2n) is 5.70. The lowest BCUT2D eigenvalue weighted by atomic mass is 9.89. The molecule has 7 nitrogen and oxygen atoms in total. The van der Waals surface area contributed by atoms with E-state index in [9.17, 15) is 10.1 Å². The maximum atomic E-state index is 10.8. The molecule has 0 amide bonds. The Kier molecular flexibility index (Phi) is 3.77. The fourth-order valence-corrected chi connectivity index (χ4v) is 3.07. The number of pyridine rings is 1. The molecule has 1 unspecified atom stereocenters. The fourth-order valence-electron chi connectivity index (χ4n) is 3.07. The first-order chi connectivity index (χ1) is 10.1. The highest BCUT2D eigenvalue weighted by atomic mass is 16.6. The van der Waals surface area contributed by atoms with Gasteiger partial charge in [0.05, 0.1) is 17.1 Å². The molecule has 0 radical (unpaired) electrons. The maximum absolute atomic E-state index is 10.8. The summed E-state index contributed by atoms with van der Waals surface area (Å²) < 4.78 is 11.8. The first-order valence-corrected chi connectivity index (χ1v) is 7.21. The van der Waals surface area contributed by atoms with Gasteiger partial charge in [0, 0.05) is 18.6 Å². The molecular weight excluding hydrogens is 274 g/mol. The van der Waals surface area contributed by atoms with Crippen LogP contribution in [0.25, 0.3) is 0 Å². The van der Waals surface area contributed by atoms with Crippen molar-refractivity contribution in [1.29, 1.82) is 0 Å². The molecule has 3 heterocycles. The normalized spacial score (nSPS) is 24.1. The van der Waals surface area contributed by atoms with E-state index in [1.54, 1.807) is 13.0 Å². The molecule has 2 fully saturated rings. The number of hydrogen-bond acceptors (Lipinski definition) is 6. The van der Waals surface area contributed by atoms with Gasteiger partial charge in [0.1, 0.15) is 11.8 Å². The molecule has 1 aromatic rings. The zero-order valence-corrected chi connectivity index (χ0v) is 12.0. The van der Waals surface area contributed by atoms with Gasteiger partial charge in [-0.15, -0.1) is 0 Å². The number of aromatic nitrogens is 1. The van der Waals surface area contributed by atoms with Gasteiger partial charge in [-0.1, -0.05) is 0 Å². The van der Waals surface area contributed by atoms with E-state index in [4.69, 9.17) is 9.47 Å². The van der Waals surface area contributed by atoms with Gasteiger partial charge in [0.15, 0.2) is 0 Å². The van der Waals surface area contributed by atoms with Crippen molar-refractivity contribution in [3.05, 3.63) is 27.9 Å². The molecule has 21 heavy (non-hydrogen) atoms. The van der Waals surface area contributed by atoms with E-state index in [2.05, 4.69) is 10.3 Å². The molecule has 2 aliphatic rings. The average Bonchev–Trinajstić information content (AvgIpc) is 2.82. The number of aryl methyl sites for hydroxylation is 1. The van der Waals surface area contributed by atoms with Crippen LogP contribution in [0.4, 0.5) is 5.69 Å². The third kappa shape index (κ3) is 2.98.